The van der Waals surface area contributed by atoms with Gasteiger partial charge in [0.1, 0.15) is 5.75 Å². The number of carbonyl (C=O) groups is 2. The SMILES string of the molecule is CCCCOc1ccc(C(=O)Nc2ccc3c(c2)CCCN3C(=O)C2CC2)cc1. The van der Waals surface area contributed by atoms with Crippen LogP contribution in [-0.2, 0) is 11.2 Å². The third kappa shape index (κ3) is 4.61. The van der Waals surface area contributed by atoms with Crippen LogP contribution in [-0.4, -0.2) is 25.0 Å². The summed E-state index contributed by atoms with van der Waals surface area (Å²) in [5, 5.41) is 2.98. The Bertz CT molecular complexity index is 887. The van der Waals surface area contributed by atoms with E-state index in [0.29, 0.717) is 12.2 Å². The Hall–Kier alpha value is -2.82. The van der Waals surface area contributed by atoms with E-state index in [1.807, 2.05) is 35.2 Å². The molecule has 0 bridgehead atoms. The lowest BCUT2D eigenvalue weighted by molar-refractivity contribution is -0.119. The van der Waals surface area contributed by atoms with Crippen molar-refractivity contribution in [2.75, 3.05) is 23.4 Å². The zero-order valence-corrected chi connectivity index (χ0v) is 16.9. The molecule has 152 valence electrons. The first-order valence-corrected chi connectivity index (χ1v) is 10.6. The smallest absolute Gasteiger partial charge is 0.255 e. The number of anilines is 2. The van der Waals surface area contributed by atoms with Crippen LogP contribution >= 0.6 is 0 Å². The second-order valence-corrected chi connectivity index (χ2v) is 7.89. The zero-order chi connectivity index (χ0) is 20.2. The third-order valence-corrected chi connectivity index (χ3v) is 5.53. The number of carbonyl (C=O) groups excluding carboxylic acids is 2. The molecular formula is C24H28N2O3. The van der Waals surface area contributed by atoms with Crippen LogP contribution in [0.5, 0.6) is 5.75 Å². The summed E-state index contributed by atoms with van der Waals surface area (Å²) in [5.41, 5.74) is 3.48. The summed E-state index contributed by atoms with van der Waals surface area (Å²) in [4.78, 5) is 27.1. The number of unbranched alkanes of at least 4 members (excludes halogenated alkanes) is 1. The van der Waals surface area contributed by atoms with Gasteiger partial charge in [0, 0.05) is 29.4 Å². The van der Waals surface area contributed by atoms with Crippen LogP contribution in [0.4, 0.5) is 11.4 Å². The Morgan fingerprint density at radius 3 is 2.66 bits per heavy atom. The Labute approximate surface area is 172 Å². The van der Waals surface area contributed by atoms with Gasteiger partial charge in [-0.25, -0.2) is 0 Å². The summed E-state index contributed by atoms with van der Waals surface area (Å²) in [5.74, 6) is 1.11. The Kier molecular flexibility index (Phi) is 5.84. The summed E-state index contributed by atoms with van der Waals surface area (Å²) in [6.45, 7) is 3.61. The average molecular weight is 392 g/mol. The second-order valence-electron chi connectivity index (χ2n) is 7.89. The van der Waals surface area contributed by atoms with E-state index >= 15 is 0 Å². The van der Waals surface area contributed by atoms with E-state index in [4.69, 9.17) is 4.74 Å². The maximum absolute atomic E-state index is 12.6. The number of amides is 2. The van der Waals surface area contributed by atoms with E-state index in [-0.39, 0.29) is 17.7 Å². The molecule has 2 aliphatic rings. The molecule has 0 spiro atoms. The fraction of sp³-hybridized carbons (Fsp3) is 0.417. The first-order chi connectivity index (χ1) is 14.2. The largest absolute Gasteiger partial charge is 0.494 e. The van der Waals surface area contributed by atoms with E-state index in [1.165, 1.54) is 0 Å². The highest BCUT2D eigenvalue weighted by Gasteiger charge is 2.35. The van der Waals surface area contributed by atoms with Crippen LogP contribution in [0.2, 0.25) is 0 Å². The summed E-state index contributed by atoms with van der Waals surface area (Å²) in [7, 11) is 0. The maximum atomic E-state index is 12.6. The van der Waals surface area contributed by atoms with Gasteiger partial charge in [0.25, 0.3) is 5.91 Å². The molecule has 1 N–H and O–H groups in total. The Morgan fingerprint density at radius 1 is 1.14 bits per heavy atom. The maximum Gasteiger partial charge on any atom is 0.255 e. The molecule has 1 aliphatic heterocycles. The fourth-order valence-corrected chi connectivity index (χ4v) is 3.69. The monoisotopic (exact) mass is 392 g/mol. The Balaban J connectivity index is 1.41. The van der Waals surface area contributed by atoms with Gasteiger partial charge in [-0.1, -0.05) is 13.3 Å². The number of nitrogens with zero attached hydrogens (tertiary/aromatic N) is 1. The van der Waals surface area contributed by atoms with Gasteiger partial charge >= 0.3 is 0 Å². The van der Waals surface area contributed by atoms with Crippen LogP contribution in [0.15, 0.2) is 42.5 Å². The molecule has 0 unspecified atom stereocenters. The van der Waals surface area contributed by atoms with Gasteiger partial charge in [0.2, 0.25) is 5.91 Å². The first-order valence-electron chi connectivity index (χ1n) is 10.6. The van der Waals surface area contributed by atoms with Crippen molar-refractivity contribution in [1.82, 2.24) is 0 Å². The molecule has 4 rings (SSSR count). The fourth-order valence-electron chi connectivity index (χ4n) is 3.69. The van der Waals surface area contributed by atoms with Crippen molar-refractivity contribution >= 4 is 23.2 Å². The number of fused-ring (bicyclic) bond motifs is 1. The predicted molar refractivity (Wildman–Crippen MR) is 115 cm³/mol. The van der Waals surface area contributed by atoms with Crippen molar-refractivity contribution in [3.05, 3.63) is 53.6 Å². The number of benzene rings is 2. The Morgan fingerprint density at radius 2 is 1.93 bits per heavy atom. The number of ether oxygens (including phenoxy) is 1. The highest BCUT2D eigenvalue weighted by atomic mass is 16.5. The number of hydrogen-bond donors (Lipinski definition) is 1. The lowest BCUT2D eigenvalue weighted by atomic mass is 10.00. The minimum atomic E-state index is -0.146. The number of nitrogens with one attached hydrogen (secondary N) is 1. The quantitative estimate of drug-likeness (QED) is 0.688. The molecular weight excluding hydrogens is 364 g/mol. The minimum Gasteiger partial charge on any atom is -0.494 e. The molecule has 0 saturated heterocycles. The lowest BCUT2D eigenvalue weighted by Crippen LogP contribution is -2.36. The van der Waals surface area contributed by atoms with Crippen molar-refractivity contribution in [2.24, 2.45) is 5.92 Å². The van der Waals surface area contributed by atoms with Crippen LogP contribution in [0.1, 0.15) is 54.9 Å². The van der Waals surface area contributed by atoms with Crippen molar-refractivity contribution < 1.29 is 14.3 Å². The van der Waals surface area contributed by atoms with Crippen LogP contribution in [0.25, 0.3) is 0 Å². The molecule has 0 radical (unpaired) electrons. The van der Waals surface area contributed by atoms with E-state index < -0.39 is 0 Å². The molecule has 5 heteroatoms. The first kappa shape index (κ1) is 19.5. The summed E-state index contributed by atoms with van der Waals surface area (Å²) >= 11 is 0. The van der Waals surface area contributed by atoms with Gasteiger partial charge in [-0.05, 0) is 80.1 Å². The van der Waals surface area contributed by atoms with Gasteiger partial charge in [-0.2, -0.15) is 0 Å². The van der Waals surface area contributed by atoms with Gasteiger partial charge in [0.15, 0.2) is 0 Å². The molecule has 0 atom stereocenters. The molecule has 2 aromatic carbocycles. The van der Waals surface area contributed by atoms with Crippen molar-refractivity contribution in [2.45, 2.75) is 45.4 Å². The molecule has 1 fully saturated rings. The summed E-state index contributed by atoms with van der Waals surface area (Å²) in [6, 6.07) is 13.1. The predicted octanol–water partition coefficient (Wildman–Crippen LogP) is 4.81. The average Bonchev–Trinajstić information content (AvgIpc) is 3.59. The normalized spacial score (nSPS) is 15.6. The number of hydrogen-bond acceptors (Lipinski definition) is 3. The van der Waals surface area contributed by atoms with Gasteiger partial charge in [0.05, 0.1) is 6.61 Å². The topological polar surface area (TPSA) is 58.6 Å². The zero-order valence-electron chi connectivity index (χ0n) is 16.9. The van der Waals surface area contributed by atoms with Crippen molar-refractivity contribution in [3.63, 3.8) is 0 Å². The number of rotatable bonds is 7. The van der Waals surface area contributed by atoms with Gasteiger partial charge < -0.3 is 15.0 Å². The molecule has 1 aliphatic carbocycles. The van der Waals surface area contributed by atoms with Crippen molar-refractivity contribution in [1.29, 1.82) is 0 Å². The van der Waals surface area contributed by atoms with E-state index in [2.05, 4.69) is 12.2 Å². The summed E-state index contributed by atoms with van der Waals surface area (Å²) in [6.07, 6.45) is 6.03. The minimum absolute atomic E-state index is 0.146. The molecule has 2 aromatic rings. The second kappa shape index (κ2) is 8.68. The van der Waals surface area contributed by atoms with Crippen molar-refractivity contribution in [3.8, 4) is 5.75 Å². The van der Waals surface area contributed by atoms with Crippen LogP contribution < -0.4 is 15.0 Å². The standard InChI is InChI=1S/C24H28N2O3/c1-2-3-15-29-21-11-8-17(9-12-21)23(27)25-20-10-13-22-19(16-20)5-4-14-26(22)24(28)18-6-7-18/h8-13,16,18H,2-7,14-15H2,1H3,(H,25,27). The molecule has 2 amide bonds. The molecule has 5 nitrogen and oxygen atoms in total. The molecule has 1 saturated carbocycles. The van der Waals surface area contributed by atoms with E-state index in [9.17, 15) is 9.59 Å². The van der Waals surface area contributed by atoms with Crippen LogP contribution in [0.3, 0.4) is 0 Å². The molecule has 1 heterocycles. The van der Waals surface area contributed by atoms with E-state index in [1.54, 1.807) is 12.1 Å². The molecule has 0 aromatic heterocycles. The lowest BCUT2D eigenvalue weighted by Gasteiger charge is -2.30. The highest BCUT2D eigenvalue weighted by molar-refractivity contribution is 6.04. The summed E-state index contributed by atoms with van der Waals surface area (Å²) < 4.78 is 5.65. The third-order valence-electron chi connectivity index (χ3n) is 5.53. The van der Waals surface area contributed by atoms with Crippen LogP contribution in [0, 0.1) is 5.92 Å². The molecule has 29 heavy (non-hydrogen) atoms. The van der Waals surface area contributed by atoms with Gasteiger partial charge in [-0.15, -0.1) is 0 Å². The van der Waals surface area contributed by atoms with Gasteiger partial charge in [-0.3, -0.25) is 9.59 Å². The highest BCUT2D eigenvalue weighted by Crippen LogP contribution is 2.36. The number of aryl methyl sites for hydroxylation is 1. The van der Waals surface area contributed by atoms with E-state index in [0.717, 1.165) is 67.8 Å².